The van der Waals surface area contributed by atoms with Crippen molar-refractivity contribution in [3.8, 4) is 0 Å². The molecule has 1 aliphatic carbocycles. The molecule has 0 bridgehead atoms. The molecule has 3 atom stereocenters. The van der Waals surface area contributed by atoms with Gasteiger partial charge >= 0.3 is 0 Å². The Hall–Kier alpha value is -2.44. The average Bonchev–Trinajstić information content (AvgIpc) is 2.78. The summed E-state index contributed by atoms with van der Waals surface area (Å²) in [5.74, 6) is 6.66. The fraction of sp³-hybridized carbons (Fsp3) is 0.556. The molecule has 0 heterocycles. The van der Waals surface area contributed by atoms with E-state index in [0.29, 0.717) is 24.9 Å². The number of aryl methyl sites for hydroxylation is 1. The van der Waals surface area contributed by atoms with Crippen LogP contribution in [0.5, 0.6) is 0 Å². The van der Waals surface area contributed by atoms with E-state index in [2.05, 4.69) is 49.5 Å². The number of carbonyl (C=O) groups is 1. The van der Waals surface area contributed by atoms with Crippen molar-refractivity contribution in [3.63, 3.8) is 0 Å². The Balaban J connectivity index is 1.97. The van der Waals surface area contributed by atoms with Crippen molar-refractivity contribution >= 4 is 17.3 Å². The molecule has 0 spiro atoms. The van der Waals surface area contributed by atoms with Crippen molar-refractivity contribution in [2.45, 2.75) is 66.9 Å². The molecular weight excluding hydrogens is 412 g/mol. The topological polar surface area (TPSA) is 80.0 Å². The third kappa shape index (κ3) is 8.78. The van der Waals surface area contributed by atoms with E-state index in [-0.39, 0.29) is 11.8 Å². The first-order valence-electron chi connectivity index (χ1n) is 12.0. The molecule has 0 radical (unpaired) electrons. The predicted molar refractivity (Wildman–Crippen MR) is 138 cm³/mol. The molecule has 2 rings (SSSR count). The number of allylic oxidation sites excluding steroid dienone is 4. The van der Waals surface area contributed by atoms with Crippen LogP contribution >= 0.6 is 0 Å². The number of hydrogen-bond donors (Lipinski definition) is 2. The van der Waals surface area contributed by atoms with Crippen LogP contribution < -0.4 is 11.2 Å². The van der Waals surface area contributed by atoms with Gasteiger partial charge in [0.2, 0.25) is 5.91 Å². The highest BCUT2D eigenvalue weighted by molar-refractivity contribution is 5.91. The summed E-state index contributed by atoms with van der Waals surface area (Å²) >= 11 is 0. The minimum absolute atomic E-state index is 0.00552. The molecule has 0 aromatic heterocycles. The maximum atomic E-state index is 12.6. The SMILES string of the molecule is C/C(=N/OCc1c(C)cccc1NC(=O)CC(C)CCN(C)N)C(C)C(C)C1=CC=CCC1. The van der Waals surface area contributed by atoms with Gasteiger partial charge in [-0.05, 0) is 56.6 Å². The van der Waals surface area contributed by atoms with E-state index < -0.39 is 0 Å². The smallest absolute Gasteiger partial charge is 0.224 e. The highest BCUT2D eigenvalue weighted by Gasteiger charge is 2.20. The number of rotatable bonds is 12. The number of anilines is 1. The summed E-state index contributed by atoms with van der Waals surface area (Å²) in [5, 5.41) is 9.14. The van der Waals surface area contributed by atoms with Gasteiger partial charge in [-0.1, -0.05) is 61.9 Å². The lowest BCUT2D eigenvalue weighted by molar-refractivity contribution is -0.117. The number of hydrazine groups is 1. The highest BCUT2D eigenvalue weighted by Crippen LogP contribution is 2.28. The van der Waals surface area contributed by atoms with Crippen molar-refractivity contribution < 1.29 is 9.63 Å². The number of carbonyl (C=O) groups excluding carboxylic acids is 1. The van der Waals surface area contributed by atoms with E-state index >= 15 is 0 Å². The third-order valence-corrected chi connectivity index (χ3v) is 6.65. The Morgan fingerprint density at radius 2 is 2.06 bits per heavy atom. The maximum absolute atomic E-state index is 12.6. The van der Waals surface area contributed by atoms with Gasteiger partial charge in [-0.3, -0.25) is 15.6 Å². The number of oxime groups is 1. The van der Waals surface area contributed by atoms with Crippen LogP contribution in [0.15, 0.2) is 47.2 Å². The Morgan fingerprint density at radius 1 is 1.30 bits per heavy atom. The van der Waals surface area contributed by atoms with Crippen LogP contribution in [0.25, 0.3) is 0 Å². The summed E-state index contributed by atoms with van der Waals surface area (Å²) in [5.41, 5.74) is 5.26. The van der Waals surface area contributed by atoms with Crippen LogP contribution in [-0.2, 0) is 16.2 Å². The van der Waals surface area contributed by atoms with Crippen molar-refractivity contribution in [1.82, 2.24) is 5.01 Å². The standard InChI is InChI=1S/C27H42N4O2/c1-19(15-16-31(6)28)17-27(32)29-26-14-10-11-20(2)25(26)18-33-30-23(5)21(3)22(4)24-12-8-7-9-13-24/h7-8,10-12,14,19,21-22H,9,13,15-18,28H2,1-6H3,(H,29,32)/b30-23-. The van der Waals surface area contributed by atoms with Gasteiger partial charge in [0.1, 0.15) is 6.61 Å². The minimum Gasteiger partial charge on any atom is -0.391 e. The number of hydrogen-bond acceptors (Lipinski definition) is 5. The van der Waals surface area contributed by atoms with E-state index in [1.807, 2.05) is 39.1 Å². The van der Waals surface area contributed by atoms with Gasteiger partial charge in [0.05, 0.1) is 5.71 Å². The van der Waals surface area contributed by atoms with Crippen molar-refractivity contribution in [2.75, 3.05) is 18.9 Å². The second-order valence-corrected chi connectivity index (χ2v) is 9.52. The van der Waals surface area contributed by atoms with Crippen molar-refractivity contribution in [2.24, 2.45) is 28.8 Å². The zero-order valence-electron chi connectivity index (χ0n) is 21.2. The summed E-state index contributed by atoms with van der Waals surface area (Å²) in [6, 6.07) is 5.90. The largest absolute Gasteiger partial charge is 0.391 e. The molecule has 0 saturated carbocycles. The Morgan fingerprint density at radius 3 is 2.73 bits per heavy atom. The molecular formula is C27H42N4O2. The summed E-state index contributed by atoms with van der Waals surface area (Å²) in [7, 11) is 1.84. The minimum atomic E-state index is 0.00552. The lowest BCUT2D eigenvalue weighted by atomic mass is 9.82. The zero-order valence-corrected chi connectivity index (χ0v) is 21.2. The molecule has 1 aromatic rings. The van der Waals surface area contributed by atoms with E-state index in [9.17, 15) is 4.79 Å². The molecule has 182 valence electrons. The van der Waals surface area contributed by atoms with Crippen molar-refractivity contribution in [1.29, 1.82) is 0 Å². The first-order chi connectivity index (χ1) is 15.7. The fourth-order valence-corrected chi connectivity index (χ4v) is 4.02. The number of nitrogens with one attached hydrogen (secondary N) is 1. The number of nitrogens with zero attached hydrogens (tertiary/aromatic N) is 2. The lowest BCUT2D eigenvalue weighted by Crippen LogP contribution is -2.28. The summed E-state index contributed by atoms with van der Waals surface area (Å²) < 4.78 is 0. The molecule has 3 unspecified atom stereocenters. The van der Waals surface area contributed by atoms with Crippen LogP contribution in [0.1, 0.15) is 64.5 Å². The van der Waals surface area contributed by atoms with Crippen LogP contribution in [0.2, 0.25) is 0 Å². The summed E-state index contributed by atoms with van der Waals surface area (Å²) in [6.07, 6.45) is 10.2. The van der Waals surface area contributed by atoms with Crippen LogP contribution in [0.4, 0.5) is 5.69 Å². The molecule has 0 fully saturated rings. The molecule has 33 heavy (non-hydrogen) atoms. The molecule has 6 heteroatoms. The zero-order chi connectivity index (χ0) is 24.4. The molecule has 0 aliphatic heterocycles. The second-order valence-electron chi connectivity index (χ2n) is 9.52. The van der Waals surface area contributed by atoms with Gasteiger partial charge in [-0.25, -0.2) is 0 Å². The normalized spacial score (nSPS) is 16.8. The fourth-order valence-electron chi connectivity index (χ4n) is 4.02. The van der Waals surface area contributed by atoms with E-state index in [1.165, 1.54) is 5.57 Å². The third-order valence-electron chi connectivity index (χ3n) is 6.65. The lowest BCUT2D eigenvalue weighted by Gasteiger charge is -2.23. The van der Waals surface area contributed by atoms with Crippen LogP contribution in [-0.4, -0.2) is 30.2 Å². The summed E-state index contributed by atoms with van der Waals surface area (Å²) in [4.78, 5) is 18.4. The van der Waals surface area contributed by atoms with E-state index in [4.69, 9.17) is 10.7 Å². The number of nitrogens with two attached hydrogens (primary N) is 1. The summed E-state index contributed by atoms with van der Waals surface area (Å²) in [6.45, 7) is 11.7. The molecule has 6 nitrogen and oxygen atoms in total. The molecule has 1 amide bonds. The molecule has 1 aliphatic rings. The monoisotopic (exact) mass is 454 g/mol. The van der Waals surface area contributed by atoms with E-state index in [1.54, 1.807) is 5.01 Å². The average molecular weight is 455 g/mol. The highest BCUT2D eigenvalue weighted by atomic mass is 16.6. The maximum Gasteiger partial charge on any atom is 0.224 e. The van der Waals surface area contributed by atoms with Gasteiger partial charge in [0.25, 0.3) is 0 Å². The van der Waals surface area contributed by atoms with Gasteiger partial charge in [0.15, 0.2) is 0 Å². The molecule has 0 saturated heterocycles. The van der Waals surface area contributed by atoms with Crippen LogP contribution in [0.3, 0.4) is 0 Å². The van der Waals surface area contributed by atoms with Crippen LogP contribution in [0, 0.1) is 24.7 Å². The Labute approximate surface area is 199 Å². The van der Waals surface area contributed by atoms with Gasteiger partial charge in [-0.15, -0.1) is 0 Å². The second kappa shape index (κ2) is 13.3. The quantitative estimate of drug-likeness (QED) is 0.245. The van der Waals surface area contributed by atoms with E-state index in [0.717, 1.165) is 48.3 Å². The van der Waals surface area contributed by atoms with Gasteiger partial charge in [-0.2, -0.15) is 0 Å². The number of amides is 1. The number of benzene rings is 1. The van der Waals surface area contributed by atoms with Gasteiger partial charge < -0.3 is 10.2 Å². The molecule has 3 N–H and O–H groups in total. The predicted octanol–water partition coefficient (Wildman–Crippen LogP) is 5.60. The van der Waals surface area contributed by atoms with Crippen molar-refractivity contribution in [3.05, 3.63) is 53.1 Å². The first-order valence-corrected chi connectivity index (χ1v) is 12.0. The Kier molecular flexibility index (Phi) is 10.8. The van der Waals surface area contributed by atoms with Gasteiger partial charge in [0, 0.05) is 37.2 Å². The Bertz CT molecular complexity index is 873. The molecule has 1 aromatic carbocycles. The first kappa shape index (κ1) is 26.8.